The van der Waals surface area contributed by atoms with Crippen LogP contribution in [0.15, 0.2) is 58.6 Å². The molecule has 0 bridgehead atoms. The number of carbonyl (C=O) groups excluding carboxylic acids is 1. The number of rotatable bonds is 8. The Kier molecular flexibility index (Phi) is 5.70. The van der Waals surface area contributed by atoms with Crippen molar-refractivity contribution in [3.63, 3.8) is 0 Å². The SMILES string of the molecule is C=c1ccc2c(c1)C(CNC=O)=C(n1c(C)cnc(NCCc3ccccn3)c1=O)N=2. The van der Waals surface area contributed by atoms with Crippen LogP contribution in [0.3, 0.4) is 0 Å². The average molecular weight is 414 g/mol. The van der Waals surface area contributed by atoms with Crippen LogP contribution in [0.1, 0.15) is 17.0 Å². The van der Waals surface area contributed by atoms with Crippen LogP contribution < -0.4 is 26.8 Å². The minimum Gasteiger partial charge on any atom is -0.365 e. The molecule has 8 nitrogen and oxygen atoms in total. The van der Waals surface area contributed by atoms with E-state index in [1.165, 1.54) is 4.57 Å². The second kappa shape index (κ2) is 8.74. The Bertz CT molecular complexity index is 1330. The first-order valence-electron chi connectivity index (χ1n) is 9.89. The van der Waals surface area contributed by atoms with Gasteiger partial charge in [-0.25, -0.2) is 9.98 Å². The highest BCUT2D eigenvalue weighted by atomic mass is 16.1. The molecule has 0 spiro atoms. The molecule has 0 aliphatic carbocycles. The number of hydrogen-bond donors (Lipinski definition) is 2. The van der Waals surface area contributed by atoms with E-state index in [0.717, 1.165) is 27.4 Å². The van der Waals surface area contributed by atoms with Crippen molar-refractivity contribution in [3.05, 3.63) is 86.7 Å². The highest BCUT2D eigenvalue weighted by Crippen LogP contribution is 2.24. The maximum absolute atomic E-state index is 13.3. The fourth-order valence-corrected chi connectivity index (χ4v) is 3.50. The van der Waals surface area contributed by atoms with E-state index < -0.39 is 0 Å². The number of fused-ring (bicyclic) bond motifs is 1. The van der Waals surface area contributed by atoms with Gasteiger partial charge in [0.1, 0.15) is 5.82 Å². The molecule has 0 radical (unpaired) electrons. The summed E-state index contributed by atoms with van der Waals surface area (Å²) >= 11 is 0. The molecule has 0 saturated heterocycles. The van der Waals surface area contributed by atoms with Gasteiger partial charge in [-0.05, 0) is 36.4 Å². The van der Waals surface area contributed by atoms with Crippen LogP contribution in [0, 0.1) is 6.92 Å². The molecule has 0 atom stereocenters. The molecule has 1 aliphatic heterocycles. The van der Waals surface area contributed by atoms with E-state index in [1.54, 1.807) is 19.3 Å². The smallest absolute Gasteiger partial charge is 0.299 e. The quantitative estimate of drug-likeness (QED) is 0.529. The van der Waals surface area contributed by atoms with Gasteiger partial charge in [-0.15, -0.1) is 0 Å². The van der Waals surface area contributed by atoms with Gasteiger partial charge in [-0.2, -0.15) is 0 Å². The summed E-state index contributed by atoms with van der Waals surface area (Å²) in [5.74, 6) is 0.716. The summed E-state index contributed by atoms with van der Waals surface area (Å²) in [7, 11) is 0. The van der Waals surface area contributed by atoms with Crippen LogP contribution in [-0.4, -0.2) is 34.0 Å². The van der Waals surface area contributed by atoms with E-state index in [-0.39, 0.29) is 17.9 Å². The molecular weight excluding hydrogens is 392 g/mol. The van der Waals surface area contributed by atoms with Crippen LogP contribution in [0.2, 0.25) is 0 Å². The number of nitrogens with zero attached hydrogens (tertiary/aromatic N) is 4. The van der Waals surface area contributed by atoms with Crippen molar-refractivity contribution in [2.24, 2.45) is 4.99 Å². The summed E-state index contributed by atoms with van der Waals surface area (Å²) in [4.78, 5) is 37.5. The molecule has 3 aromatic rings. The van der Waals surface area contributed by atoms with Crippen LogP contribution in [-0.2, 0) is 11.2 Å². The number of aryl methyl sites for hydroxylation is 1. The Labute approximate surface area is 178 Å². The first kappa shape index (κ1) is 20.2. The molecule has 2 N–H and O–H groups in total. The van der Waals surface area contributed by atoms with Gasteiger partial charge in [-0.3, -0.25) is 19.1 Å². The van der Waals surface area contributed by atoms with Crippen molar-refractivity contribution in [2.45, 2.75) is 13.3 Å². The van der Waals surface area contributed by atoms with E-state index >= 15 is 0 Å². The number of benzene rings is 1. The predicted octanol–water partition coefficient (Wildman–Crippen LogP) is 0.717. The van der Waals surface area contributed by atoms with Crippen LogP contribution in [0.25, 0.3) is 18.0 Å². The van der Waals surface area contributed by atoms with Gasteiger partial charge >= 0.3 is 0 Å². The molecule has 156 valence electrons. The molecule has 0 fully saturated rings. The van der Waals surface area contributed by atoms with Crippen LogP contribution >= 0.6 is 0 Å². The number of nitrogens with one attached hydrogen (secondary N) is 2. The summed E-state index contributed by atoms with van der Waals surface area (Å²) < 4.78 is 1.53. The first-order valence-corrected chi connectivity index (χ1v) is 9.89. The number of carbonyl (C=O) groups is 1. The van der Waals surface area contributed by atoms with E-state index in [0.29, 0.717) is 30.9 Å². The Morgan fingerprint density at radius 2 is 2.06 bits per heavy atom. The second-order valence-corrected chi connectivity index (χ2v) is 7.15. The third-order valence-corrected chi connectivity index (χ3v) is 4.99. The lowest BCUT2D eigenvalue weighted by Crippen LogP contribution is -2.27. The van der Waals surface area contributed by atoms with Gasteiger partial charge in [0.05, 0.1) is 5.36 Å². The zero-order valence-electron chi connectivity index (χ0n) is 17.1. The second-order valence-electron chi connectivity index (χ2n) is 7.15. The largest absolute Gasteiger partial charge is 0.365 e. The number of hydrogen-bond acceptors (Lipinski definition) is 6. The minimum atomic E-state index is -0.300. The molecule has 8 heteroatoms. The van der Waals surface area contributed by atoms with Crippen molar-refractivity contribution in [2.75, 3.05) is 18.4 Å². The normalized spacial score (nSPS) is 12.3. The highest BCUT2D eigenvalue weighted by molar-refractivity contribution is 5.87. The molecule has 0 unspecified atom stereocenters. The Hall–Kier alpha value is -4.07. The molecule has 1 amide bonds. The fourth-order valence-electron chi connectivity index (χ4n) is 3.50. The third kappa shape index (κ3) is 4.13. The summed E-state index contributed by atoms with van der Waals surface area (Å²) in [6, 6.07) is 11.4. The zero-order chi connectivity index (χ0) is 21.8. The van der Waals surface area contributed by atoms with Gasteiger partial charge in [0.2, 0.25) is 6.41 Å². The topological polar surface area (TPSA) is 101 Å². The van der Waals surface area contributed by atoms with Crippen molar-refractivity contribution < 1.29 is 4.79 Å². The summed E-state index contributed by atoms with van der Waals surface area (Å²) in [6.07, 6.45) is 4.66. The molecule has 1 aliphatic rings. The zero-order valence-corrected chi connectivity index (χ0v) is 17.1. The number of aromatic nitrogens is 3. The van der Waals surface area contributed by atoms with Crippen molar-refractivity contribution >= 4 is 30.2 Å². The van der Waals surface area contributed by atoms with Crippen molar-refractivity contribution in [1.29, 1.82) is 0 Å². The maximum Gasteiger partial charge on any atom is 0.299 e. The first-order chi connectivity index (χ1) is 15.1. The molecule has 31 heavy (non-hydrogen) atoms. The van der Waals surface area contributed by atoms with E-state index in [2.05, 4.69) is 32.2 Å². The van der Waals surface area contributed by atoms with Gasteiger partial charge in [0.25, 0.3) is 5.56 Å². The fraction of sp³-hybridized carbons (Fsp3) is 0.174. The summed E-state index contributed by atoms with van der Waals surface area (Å²) in [6.45, 7) is 6.53. The van der Waals surface area contributed by atoms with E-state index in [9.17, 15) is 9.59 Å². The third-order valence-electron chi connectivity index (χ3n) is 4.99. The molecule has 4 rings (SSSR count). The molecule has 3 heterocycles. The lowest BCUT2D eigenvalue weighted by Gasteiger charge is -2.14. The predicted molar refractivity (Wildman–Crippen MR) is 120 cm³/mol. The summed E-state index contributed by atoms with van der Waals surface area (Å²) in [5.41, 5.74) is 2.88. The van der Waals surface area contributed by atoms with Crippen LogP contribution in [0.5, 0.6) is 0 Å². The van der Waals surface area contributed by atoms with Crippen LogP contribution in [0.4, 0.5) is 5.82 Å². The van der Waals surface area contributed by atoms with E-state index in [1.807, 2.05) is 36.4 Å². The lowest BCUT2D eigenvalue weighted by atomic mass is 10.1. The lowest BCUT2D eigenvalue weighted by molar-refractivity contribution is -0.109. The number of amides is 1. The van der Waals surface area contributed by atoms with Crippen molar-refractivity contribution in [3.8, 4) is 0 Å². The molecule has 0 saturated carbocycles. The Morgan fingerprint density at radius 1 is 1.19 bits per heavy atom. The minimum absolute atomic E-state index is 0.237. The van der Waals surface area contributed by atoms with Gasteiger partial charge in [-0.1, -0.05) is 18.7 Å². The molecule has 1 aromatic carbocycles. The molecular formula is C23H22N6O2. The van der Waals surface area contributed by atoms with Gasteiger partial charge < -0.3 is 10.6 Å². The number of pyridine rings is 1. The van der Waals surface area contributed by atoms with Crippen molar-refractivity contribution in [1.82, 2.24) is 19.9 Å². The maximum atomic E-state index is 13.3. The molecule has 2 aromatic heterocycles. The Balaban J connectivity index is 1.71. The monoisotopic (exact) mass is 414 g/mol. The van der Waals surface area contributed by atoms with E-state index in [4.69, 9.17) is 0 Å². The highest BCUT2D eigenvalue weighted by Gasteiger charge is 2.22. The standard InChI is InChI=1S/C23H22N6O2/c1-15-6-7-20-18(11-15)19(13-24-14-30)22(28-20)29-16(2)12-27-21(23(29)31)26-10-8-17-5-3-4-9-25-17/h3-7,9,11-12,14H,1,8,10,13H2,2H3,(H,24,30)(H,26,27). The Morgan fingerprint density at radius 3 is 2.84 bits per heavy atom. The van der Waals surface area contributed by atoms with Gasteiger partial charge in [0.15, 0.2) is 5.82 Å². The number of anilines is 1. The average Bonchev–Trinajstić information content (AvgIpc) is 3.12. The summed E-state index contributed by atoms with van der Waals surface area (Å²) in [5, 5.41) is 7.36. The van der Waals surface area contributed by atoms with Gasteiger partial charge in [0, 0.05) is 54.4 Å².